The van der Waals surface area contributed by atoms with Gasteiger partial charge in [-0.25, -0.2) is 9.97 Å². The number of hydrogen-bond donors (Lipinski definition) is 2. The summed E-state index contributed by atoms with van der Waals surface area (Å²) in [5.41, 5.74) is 0. The third-order valence-electron chi connectivity index (χ3n) is 2.87. The second kappa shape index (κ2) is 6.51. The first-order valence-electron chi connectivity index (χ1n) is 6.54. The summed E-state index contributed by atoms with van der Waals surface area (Å²) in [6.07, 6.45) is -2.28. The van der Waals surface area contributed by atoms with Gasteiger partial charge in [0.1, 0.15) is 11.6 Å². The minimum atomic E-state index is -4.54. The SMILES string of the molecule is CCNc1cc(NCC2CCCS2)nc(C(F)(F)F)n1. The molecule has 0 amide bonds. The van der Waals surface area contributed by atoms with Crippen molar-refractivity contribution in [3.8, 4) is 0 Å². The van der Waals surface area contributed by atoms with Crippen LogP contribution in [0.4, 0.5) is 24.8 Å². The summed E-state index contributed by atoms with van der Waals surface area (Å²) in [4.78, 5) is 7.03. The number of alkyl halides is 3. The molecule has 1 fully saturated rings. The summed E-state index contributed by atoms with van der Waals surface area (Å²) in [7, 11) is 0. The molecule has 2 rings (SSSR count). The van der Waals surface area contributed by atoms with Crippen LogP contribution in [-0.2, 0) is 6.18 Å². The Morgan fingerprint density at radius 3 is 2.55 bits per heavy atom. The topological polar surface area (TPSA) is 49.8 Å². The Hall–Kier alpha value is -1.18. The molecule has 1 atom stereocenters. The zero-order valence-corrected chi connectivity index (χ0v) is 11.9. The van der Waals surface area contributed by atoms with Gasteiger partial charge in [0.2, 0.25) is 5.82 Å². The fourth-order valence-corrected chi connectivity index (χ4v) is 3.16. The molecule has 20 heavy (non-hydrogen) atoms. The summed E-state index contributed by atoms with van der Waals surface area (Å²) < 4.78 is 38.2. The highest BCUT2D eigenvalue weighted by molar-refractivity contribution is 8.00. The van der Waals surface area contributed by atoms with E-state index in [1.165, 1.54) is 6.07 Å². The Kier molecular flexibility index (Phi) is 4.95. The third kappa shape index (κ3) is 4.16. The fraction of sp³-hybridized carbons (Fsp3) is 0.667. The minimum Gasteiger partial charge on any atom is -0.370 e. The first kappa shape index (κ1) is 15.2. The van der Waals surface area contributed by atoms with Crippen LogP contribution in [-0.4, -0.2) is 34.1 Å². The number of halogens is 3. The summed E-state index contributed by atoms with van der Waals surface area (Å²) in [5.74, 6) is 0.414. The first-order chi connectivity index (χ1) is 9.49. The largest absolute Gasteiger partial charge is 0.451 e. The van der Waals surface area contributed by atoms with E-state index in [4.69, 9.17) is 0 Å². The van der Waals surface area contributed by atoms with E-state index in [0.717, 1.165) is 18.6 Å². The van der Waals surface area contributed by atoms with E-state index in [9.17, 15) is 13.2 Å². The predicted molar refractivity (Wildman–Crippen MR) is 75.2 cm³/mol. The zero-order chi connectivity index (χ0) is 14.6. The van der Waals surface area contributed by atoms with Gasteiger partial charge < -0.3 is 10.6 Å². The normalized spacial score (nSPS) is 19.1. The maximum Gasteiger partial charge on any atom is 0.451 e. The van der Waals surface area contributed by atoms with Crippen molar-refractivity contribution < 1.29 is 13.2 Å². The molecule has 1 aliphatic rings. The van der Waals surface area contributed by atoms with Gasteiger partial charge in [0.25, 0.3) is 0 Å². The van der Waals surface area contributed by atoms with E-state index in [1.54, 1.807) is 6.92 Å². The monoisotopic (exact) mass is 306 g/mol. The van der Waals surface area contributed by atoms with Crippen molar-refractivity contribution in [2.24, 2.45) is 0 Å². The molecular formula is C12H17F3N4S. The highest BCUT2D eigenvalue weighted by atomic mass is 32.2. The maximum atomic E-state index is 12.7. The van der Waals surface area contributed by atoms with Gasteiger partial charge in [-0.2, -0.15) is 24.9 Å². The van der Waals surface area contributed by atoms with E-state index in [2.05, 4.69) is 20.6 Å². The van der Waals surface area contributed by atoms with Crippen LogP contribution in [0.3, 0.4) is 0 Å². The predicted octanol–water partition coefficient (Wildman–Crippen LogP) is 3.23. The molecule has 8 heteroatoms. The molecule has 2 heterocycles. The van der Waals surface area contributed by atoms with Gasteiger partial charge in [-0.3, -0.25) is 0 Å². The standard InChI is InChI=1S/C12H17F3N4S/c1-2-16-9-6-10(17-7-8-4-3-5-20-8)19-11(18-9)12(13,14)15/h6,8H,2-5,7H2,1H3,(H2,16,17,18,19). The molecule has 1 aromatic rings. The summed E-state index contributed by atoms with van der Waals surface area (Å²) in [5, 5.41) is 6.22. The van der Waals surface area contributed by atoms with Crippen molar-refractivity contribution in [3.05, 3.63) is 11.9 Å². The van der Waals surface area contributed by atoms with E-state index in [1.807, 2.05) is 11.8 Å². The second-order valence-corrected chi connectivity index (χ2v) is 5.91. The van der Waals surface area contributed by atoms with Crippen molar-refractivity contribution in [2.45, 2.75) is 31.2 Å². The van der Waals surface area contributed by atoms with Crippen LogP contribution in [0.1, 0.15) is 25.6 Å². The van der Waals surface area contributed by atoms with Crippen molar-refractivity contribution in [2.75, 3.05) is 29.5 Å². The van der Waals surface area contributed by atoms with Gasteiger partial charge in [0.15, 0.2) is 0 Å². The molecule has 0 aliphatic carbocycles. The van der Waals surface area contributed by atoms with Gasteiger partial charge in [-0.1, -0.05) is 0 Å². The molecule has 2 N–H and O–H groups in total. The Morgan fingerprint density at radius 1 is 1.30 bits per heavy atom. The van der Waals surface area contributed by atoms with Crippen molar-refractivity contribution in [3.63, 3.8) is 0 Å². The molecule has 0 aromatic carbocycles. The first-order valence-corrected chi connectivity index (χ1v) is 7.59. The molecule has 0 saturated carbocycles. The number of thioether (sulfide) groups is 1. The number of anilines is 2. The van der Waals surface area contributed by atoms with Gasteiger partial charge in [-0.05, 0) is 25.5 Å². The van der Waals surface area contributed by atoms with Gasteiger partial charge in [0.05, 0.1) is 0 Å². The quantitative estimate of drug-likeness (QED) is 0.874. The van der Waals surface area contributed by atoms with Gasteiger partial charge >= 0.3 is 6.18 Å². The number of hydrogen-bond acceptors (Lipinski definition) is 5. The lowest BCUT2D eigenvalue weighted by Crippen LogP contribution is -2.18. The molecule has 1 aliphatic heterocycles. The average Bonchev–Trinajstić information content (AvgIpc) is 2.88. The number of nitrogens with one attached hydrogen (secondary N) is 2. The van der Waals surface area contributed by atoms with E-state index >= 15 is 0 Å². The van der Waals surface area contributed by atoms with Crippen LogP contribution >= 0.6 is 11.8 Å². The Labute approximate surface area is 120 Å². The lowest BCUT2D eigenvalue weighted by Gasteiger charge is -2.14. The number of aromatic nitrogens is 2. The lowest BCUT2D eigenvalue weighted by molar-refractivity contribution is -0.144. The van der Waals surface area contributed by atoms with E-state index in [0.29, 0.717) is 18.3 Å². The highest BCUT2D eigenvalue weighted by Crippen LogP contribution is 2.29. The average molecular weight is 306 g/mol. The zero-order valence-electron chi connectivity index (χ0n) is 11.1. The lowest BCUT2D eigenvalue weighted by atomic mass is 10.2. The van der Waals surface area contributed by atoms with Crippen molar-refractivity contribution >= 4 is 23.4 Å². The Morgan fingerprint density at radius 2 is 2.00 bits per heavy atom. The van der Waals surface area contributed by atoms with Gasteiger partial charge in [-0.15, -0.1) is 0 Å². The van der Waals surface area contributed by atoms with Crippen LogP contribution in [0.15, 0.2) is 6.07 Å². The Bertz CT molecular complexity index is 447. The highest BCUT2D eigenvalue weighted by Gasteiger charge is 2.35. The molecule has 0 radical (unpaired) electrons. The van der Waals surface area contributed by atoms with E-state index in [-0.39, 0.29) is 11.6 Å². The van der Waals surface area contributed by atoms with Crippen LogP contribution in [0.5, 0.6) is 0 Å². The van der Waals surface area contributed by atoms with Gasteiger partial charge in [0, 0.05) is 24.4 Å². The molecule has 0 bridgehead atoms. The van der Waals surface area contributed by atoms with Crippen LogP contribution in [0.2, 0.25) is 0 Å². The minimum absolute atomic E-state index is 0.191. The van der Waals surface area contributed by atoms with Crippen LogP contribution in [0.25, 0.3) is 0 Å². The molecule has 4 nitrogen and oxygen atoms in total. The molecule has 1 unspecified atom stereocenters. The maximum absolute atomic E-state index is 12.7. The molecule has 1 aromatic heterocycles. The van der Waals surface area contributed by atoms with E-state index < -0.39 is 12.0 Å². The second-order valence-electron chi connectivity index (χ2n) is 4.51. The number of rotatable bonds is 5. The number of nitrogens with zero attached hydrogens (tertiary/aromatic N) is 2. The summed E-state index contributed by atoms with van der Waals surface area (Å²) in [6, 6.07) is 1.51. The molecule has 0 spiro atoms. The summed E-state index contributed by atoms with van der Waals surface area (Å²) >= 11 is 1.84. The molecular weight excluding hydrogens is 289 g/mol. The van der Waals surface area contributed by atoms with Crippen LogP contribution < -0.4 is 10.6 Å². The molecule has 1 saturated heterocycles. The van der Waals surface area contributed by atoms with Crippen molar-refractivity contribution in [1.82, 2.24) is 9.97 Å². The third-order valence-corrected chi connectivity index (χ3v) is 4.27. The smallest absolute Gasteiger partial charge is 0.370 e. The van der Waals surface area contributed by atoms with Crippen LogP contribution in [0, 0.1) is 0 Å². The Balaban J connectivity index is 2.11. The van der Waals surface area contributed by atoms with Crippen molar-refractivity contribution in [1.29, 1.82) is 0 Å². The molecule has 112 valence electrons. The summed E-state index contributed by atoms with van der Waals surface area (Å²) in [6.45, 7) is 2.94. The fourth-order valence-electron chi connectivity index (χ4n) is 1.96.